The van der Waals surface area contributed by atoms with Gasteiger partial charge >= 0.3 is 5.97 Å². The Kier molecular flexibility index (Phi) is 6.41. The molecule has 3 heteroatoms. The number of esters is 1. The minimum absolute atomic E-state index is 0.0380. The molecule has 1 saturated heterocycles. The summed E-state index contributed by atoms with van der Waals surface area (Å²) in [6.45, 7) is 4.36. The molecule has 1 heterocycles. The maximum atomic E-state index is 11.2. The second kappa shape index (κ2) is 7.69. The highest BCUT2D eigenvalue weighted by Gasteiger charge is 2.13. The van der Waals surface area contributed by atoms with E-state index in [1.807, 2.05) is 6.92 Å². The monoisotopic (exact) mass is 214 g/mol. The largest absolute Gasteiger partial charge is 0.466 e. The Labute approximate surface area is 92.1 Å². The summed E-state index contributed by atoms with van der Waals surface area (Å²) in [7, 11) is 0. The van der Waals surface area contributed by atoms with E-state index < -0.39 is 0 Å². The lowest BCUT2D eigenvalue weighted by molar-refractivity contribution is -0.143. The molecule has 1 rings (SSSR count). The summed E-state index contributed by atoms with van der Waals surface area (Å²) in [5.41, 5.74) is 0. The fourth-order valence-corrected chi connectivity index (χ4v) is 1.86. The van der Waals surface area contributed by atoms with E-state index in [4.69, 9.17) is 9.47 Å². The maximum absolute atomic E-state index is 11.2. The molecule has 0 atom stereocenters. The van der Waals surface area contributed by atoms with Crippen LogP contribution in [0.15, 0.2) is 0 Å². The van der Waals surface area contributed by atoms with E-state index in [1.54, 1.807) is 0 Å². The van der Waals surface area contributed by atoms with Crippen molar-refractivity contribution in [3.05, 3.63) is 0 Å². The van der Waals surface area contributed by atoms with Crippen LogP contribution in [-0.4, -0.2) is 25.8 Å². The van der Waals surface area contributed by atoms with Crippen LogP contribution in [0.2, 0.25) is 0 Å². The van der Waals surface area contributed by atoms with Gasteiger partial charge in [-0.25, -0.2) is 0 Å². The van der Waals surface area contributed by atoms with Gasteiger partial charge in [0.2, 0.25) is 0 Å². The average molecular weight is 214 g/mol. The van der Waals surface area contributed by atoms with E-state index in [9.17, 15) is 4.79 Å². The molecule has 15 heavy (non-hydrogen) atoms. The molecule has 0 aromatic heterocycles. The highest BCUT2D eigenvalue weighted by molar-refractivity contribution is 5.69. The normalized spacial score (nSPS) is 17.7. The van der Waals surface area contributed by atoms with Crippen LogP contribution >= 0.6 is 0 Å². The van der Waals surface area contributed by atoms with Gasteiger partial charge in [0.05, 0.1) is 6.61 Å². The summed E-state index contributed by atoms with van der Waals surface area (Å²) in [6.07, 6.45) is 5.91. The predicted octanol–water partition coefficient (Wildman–Crippen LogP) is 2.54. The molecular weight excluding hydrogens is 192 g/mol. The zero-order chi connectivity index (χ0) is 10.9. The lowest BCUT2D eigenvalue weighted by Crippen LogP contribution is -2.16. The molecular formula is C12H22O3. The van der Waals surface area contributed by atoms with Crippen molar-refractivity contribution in [2.24, 2.45) is 5.92 Å². The van der Waals surface area contributed by atoms with Gasteiger partial charge in [0.15, 0.2) is 0 Å². The van der Waals surface area contributed by atoms with Crippen LogP contribution in [-0.2, 0) is 14.3 Å². The molecule has 0 saturated carbocycles. The molecule has 0 radical (unpaired) electrons. The van der Waals surface area contributed by atoms with E-state index in [-0.39, 0.29) is 5.97 Å². The lowest BCUT2D eigenvalue weighted by Gasteiger charge is -2.21. The van der Waals surface area contributed by atoms with Gasteiger partial charge in [0.1, 0.15) is 0 Å². The molecule has 1 fully saturated rings. The number of hydrogen-bond acceptors (Lipinski definition) is 3. The van der Waals surface area contributed by atoms with Crippen LogP contribution in [0.1, 0.15) is 45.4 Å². The van der Waals surface area contributed by atoms with Crippen molar-refractivity contribution in [3.8, 4) is 0 Å². The zero-order valence-corrected chi connectivity index (χ0v) is 9.67. The van der Waals surface area contributed by atoms with Crippen molar-refractivity contribution in [2.75, 3.05) is 19.8 Å². The number of rotatable bonds is 6. The third kappa shape index (κ3) is 5.78. The maximum Gasteiger partial charge on any atom is 0.305 e. The summed E-state index contributed by atoms with van der Waals surface area (Å²) in [4.78, 5) is 11.2. The molecule has 0 amide bonds. The molecule has 0 bridgehead atoms. The SMILES string of the molecule is CCCOC(=O)CCCC1CCOCC1. The Balaban J connectivity index is 1.97. The average Bonchev–Trinajstić information content (AvgIpc) is 2.28. The number of ether oxygens (including phenoxy) is 2. The fraction of sp³-hybridized carbons (Fsp3) is 0.917. The lowest BCUT2D eigenvalue weighted by atomic mass is 9.94. The highest BCUT2D eigenvalue weighted by Crippen LogP contribution is 2.20. The van der Waals surface area contributed by atoms with Gasteiger partial charge in [-0.15, -0.1) is 0 Å². The van der Waals surface area contributed by atoms with Crippen LogP contribution in [0.4, 0.5) is 0 Å². The van der Waals surface area contributed by atoms with Crippen molar-refractivity contribution in [2.45, 2.75) is 45.4 Å². The van der Waals surface area contributed by atoms with Crippen LogP contribution in [0.5, 0.6) is 0 Å². The van der Waals surface area contributed by atoms with Gasteiger partial charge in [0, 0.05) is 19.6 Å². The summed E-state index contributed by atoms with van der Waals surface area (Å²) in [6, 6.07) is 0. The third-order valence-corrected chi connectivity index (χ3v) is 2.80. The molecule has 0 spiro atoms. The minimum Gasteiger partial charge on any atom is -0.466 e. The molecule has 0 aromatic carbocycles. The summed E-state index contributed by atoms with van der Waals surface area (Å²) in [5, 5.41) is 0. The summed E-state index contributed by atoms with van der Waals surface area (Å²) < 4.78 is 10.3. The Bertz CT molecular complexity index is 174. The highest BCUT2D eigenvalue weighted by atomic mass is 16.5. The summed E-state index contributed by atoms with van der Waals surface area (Å²) >= 11 is 0. The first-order chi connectivity index (χ1) is 7.33. The van der Waals surface area contributed by atoms with E-state index in [2.05, 4.69) is 0 Å². The standard InChI is InChI=1S/C12H22O3/c1-2-8-15-12(13)5-3-4-11-6-9-14-10-7-11/h11H,2-10H2,1H3. The van der Waals surface area contributed by atoms with E-state index in [0.717, 1.165) is 51.2 Å². The van der Waals surface area contributed by atoms with Gasteiger partial charge in [-0.1, -0.05) is 6.92 Å². The molecule has 0 aromatic rings. The first-order valence-electron chi connectivity index (χ1n) is 6.06. The number of hydrogen-bond donors (Lipinski definition) is 0. The quantitative estimate of drug-likeness (QED) is 0.637. The van der Waals surface area contributed by atoms with Gasteiger partial charge in [-0.2, -0.15) is 0 Å². The van der Waals surface area contributed by atoms with Gasteiger partial charge in [-0.05, 0) is 38.0 Å². The van der Waals surface area contributed by atoms with Gasteiger partial charge in [0.25, 0.3) is 0 Å². The third-order valence-electron chi connectivity index (χ3n) is 2.80. The van der Waals surface area contributed by atoms with Crippen molar-refractivity contribution in [3.63, 3.8) is 0 Å². The van der Waals surface area contributed by atoms with Crippen LogP contribution < -0.4 is 0 Å². The molecule has 0 unspecified atom stereocenters. The predicted molar refractivity (Wildman–Crippen MR) is 58.6 cm³/mol. The van der Waals surface area contributed by atoms with E-state index >= 15 is 0 Å². The molecule has 88 valence electrons. The summed E-state index contributed by atoms with van der Waals surface area (Å²) in [5.74, 6) is 0.724. The zero-order valence-electron chi connectivity index (χ0n) is 9.67. The Morgan fingerprint density at radius 1 is 1.40 bits per heavy atom. The molecule has 1 aliphatic rings. The van der Waals surface area contributed by atoms with Crippen molar-refractivity contribution in [1.82, 2.24) is 0 Å². The molecule has 0 N–H and O–H groups in total. The Morgan fingerprint density at radius 2 is 2.13 bits per heavy atom. The molecule has 1 aliphatic heterocycles. The number of carbonyl (C=O) groups is 1. The molecule has 0 aliphatic carbocycles. The van der Waals surface area contributed by atoms with Crippen LogP contribution in [0, 0.1) is 5.92 Å². The van der Waals surface area contributed by atoms with Crippen molar-refractivity contribution >= 4 is 5.97 Å². The second-order valence-electron chi connectivity index (χ2n) is 4.17. The van der Waals surface area contributed by atoms with Gasteiger partial charge in [-0.3, -0.25) is 4.79 Å². The smallest absolute Gasteiger partial charge is 0.305 e. The molecule has 3 nitrogen and oxygen atoms in total. The van der Waals surface area contributed by atoms with E-state index in [1.165, 1.54) is 0 Å². The Hall–Kier alpha value is -0.570. The van der Waals surface area contributed by atoms with Crippen LogP contribution in [0.25, 0.3) is 0 Å². The van der Waals surface area contributed by atoms with Gasteiger partial charge < -0.3 is 9.47 Å². The first kappa shape index (κ1) is 12.5. The number of carbonyl (C=O) groups excluding carboxylic acids is 1. The fourth-order valence-electron chi connectivity index (χ4n) is 1.86. The van der Waals surface area contributed by atoms with Crippen LogP contribution in [0.3, 0.4) is 0 Å². The van der Waals surface area contributed by atoms with Crippen molar-refractivity contribution < 1.29 is 14.3 Å². The van der Waals surface area contributed by atoms with Crippen molar-refractivity contribution in [1.29, 1.82) is 0 Å². The Morgan fingerprint density at radius 3 is 2.80 bits per heavy atom. The van der Waals surface area contributed by atoms with E-state index in [0.29, 0.717) is 13.0 Å². The topological polar surface area (TPSA) is 35.5 Å². The first-order valence-corrected chi connectivity index (χ1v) is 6.06. The minimum atomic E-state index is -0.0380. The second-order valence-corrected chi connectivity index (χ2v) is 4.17.